The van der Waals surface area contributed by atoms with E-state index in [0.29, 0.717) is 18.9 Å². The predicted molar refractivity (Wildman–Crippen MR) is 115 cm³/mol. The molecule has 2 fully saturated rings. The topological polar surface area (TPSA) is 69.7 Å². The van der Waals surface area contributed by atoms with Gasteiger partial charge in [-0.15, -0.1) is 0 Å². The van der Waals surface area contributed by atoms with Gasteiger partial charge in [-0.3, -0.25) is 10.1 Å². The van der Waals surface area contributed by atoms with E-state index in [1.165, 1.54) is 10.4 Å². The molecule has 1 N–H and O–H groups in total. The molecule has 2 heterocycles. The maximum absolute atomic E-state index is 13.2. The van der Waals surface area contributed by atoms with Crippen LogP contribution in [0.4, 0.5) is 13.2 Å². The van der Waals surface area contributed by atoms with Gasteiger partial charge >= 0.3 is 6.18 Å². The van der Waals surface area contributed by atoms with Gasteiger partial charge in [0.15, 0.2) is 0 Å². The largest absolute Gasteiger partial charge is 0.416 e. The minimum Gasteiger partial charge on any atom is -0.320 e. The van der Waals surface area contributed by atoms with Gasteiger partial charge in [0.1, 0.15) is 0 Å². The molecule has 3 unspecified atom stereocenters. The first-order chi connectivity index (χ1) is 14.9. The molecular weight excluding hydrogens is 443 g/mol. The van der Waals surface area contributed by atoms with Crippen LogP contribution < -0.4 is 5.32 Å². The minimum atomic E-state index is -4.62. The number of benzene rings is 1. The second-order valence-corrected chi connectivity index (χ2v) is 10.9. The lowest BCUT2D eigenvalue weighted by Crippen LogP contribution is -2.61. The molecule has 1 aromatic rings. The van der Waals surface area contributed by atoms with E-state index in [-0.39, 0.29) is 41.9 Å². The summed E-state index contributed by atoms with van der Waals surface area (Å²) in [6.45, 7) is 8.30. The number of carbonyl (C=O) groups excluding carboxylic acids is 1. The highest BCUT2D eigenvalue weighted by atomic mass is 32.2. The third kappa shape index (κ3) is 4.41. The summed E-state index contributed by atoms with van der Waals surface area (Å²) in [6, 6.07) is 3.52. The quantitative estimate of drug-likeness (QED) is 0.679. The van der Waals surface area contributed by atoms with Gasteiger partial charge < -0.3 is 4.90 Å². The van der Waals surface area contributed by atoms with Crippen LogP contribution in [0, 0.1) is 5.92 Å². The number of nitrogens with one attached hydrogen (secondary N) is 1. The van der Waals surface area contributed by atoms with E-state index in [2.05, 4.69) is 5.32 Å². The van der Waals surface area contributed by atoms with Crippen molar-refractivity contribution < 1.29 is 26.4 Å². The molecule has 3 rings (SSSR count). The number of hydrogen-bond acceptors (Lipinski definition) is 4. The number of piperidine rings is 1. The maximum Gasteiger partial charge on any atom is 0.416 e. The fraction of sp³-hybridized carbons (Fsp3) is 0.682. The van der Waals surface area contributed by atoms with Crippen LogP contribution >= 0.6 is 0 Å². The highest BCUT2D eigenvalue weighted by Crippen LogP contribution is 2.38. The molecule has 0 bridgehead atoms. The third-order valence-corrected chi connectivity index (χ3v) is 8.88. The van der Waals surface area contributed by atoms with Crippen LogP contribution in [0.1, 0.15) is 58.9 Å². The highest BCUT2D eigenvalue weighted by Gasteiger charge is 2.54. The summed E-state index contributed by atoms with van der Waals surface area (Å²) in [5, 5.41) is 3.52. The van der Waals surface area contributed by atoms with Gasteiger partial charge in [0.05, 0.1) is 22.2 Å². The van der Waals surface area contributed by atoms with Crippen LogP contribution in [0.5, 0.6) is 0 Å². The Labute approximate surface area is 188 Å². The Balaban J connectivity index is 1.84. The van der Waals surface area contributed by atoms with Gasteiger partial charge in [-0.2, -0.15) is 17.5 Å². The smallest absolute Gasteiger partial charge is 0.320 e. The van der Waals surface area contributed by atoms with Crippen molar-refractivity contribution in [1.29, 1.82) is 0 Å². The molecule has 3 atom stereocenters. The Morgan fingerprint density at radius 1 is 1.16 bits per heavy atom. The molecule has 6 nitrogen and oxygen atoms in total. The van der Waals surface area contributed by atoms with Crippen LogP contribution in [-0.4, -0.2) is 54.4 Å². The second-order valence-electron chi connectivity index (χ2n) is 8.93. The van der Waals surface area contributed by atoms with Gasteiger partial charge in [-0.1, -0.05) is 33.3 Å². The number of amides is 1. The average molecular weight is 476 g/mol. The molecule has 32 heavy (non-hydrogen) atoms. The first kappa shape index (κ1) is 25.0. The standard InChI is InChI=1S/C22H32F3N3O3S/c1-5-15(3)19-20(29)28(16(4)6-2)21(26-19)10-12-27(13-11-21)32(30,31)18-9-7-8-17(14-18)22(23,24)25/h7-9,14-16,19,26H,5-6,10-13H2,1-4H3. The molecular formula is C22H32F3N3O3S. The van der Waals surface area contributed by atoms with Gasteiger partial charge in [-0.05, 0) is 50.3 Å². The van der Waals surface area contributed by atoms with Crippen molar-refractivity contribution in [2.75, 3.05) is 13.1 Å². The lowest BCUT2D eigenvalue weighted by molar-refractivity contribution is -0.138. The van der Waals surface area contributed by atoms with Crippen LogP contribution in [0.15, 0.2) is 29.2 Å². The number of alkyl halides is 3. The summed E-state index contributed by atoms with van der Waals surface area (Å²) in [7, 11) is -4.08. The van der Waals surface area contributed by atoms with E-state index >= 15 is 0 Å². The molecule has 1 spiro atoms. The Bertz CT molecular complexity index is 943. The second kappa shape index (κ2) is 8.95. The van der Waals surface area contributed by atoms with Crippen LogP contribution in [0.25, 0.3) is 0 Å². The minimum absolute atomic E-state index is 0.00400. The third-order valence-electron chi connectivity index (χ3n) is 6.98. The summed E-state index contributed by atoms with van der Waals surface area (Å²) in [4.78, 5) is 14.8. The number of carbonyl (C=O) groups is 1. The summed E-state index contributed by atoms with van der Waals surface area (Å²) < 4.78 is 66.6. The molecule has 2 aliphatic rings. The van der Waals surface area contributed by atoms with Crippen molar-refractivity contribution in [3.05, 3.63) is 29.8 Å². The van der Waals surface area contributed by atoms with Crippen molar-refractivity contribution >= 4 is 15.9 Å². The van der Waals surface area contributed by atoms with E-state index in [0.717, 1.165) is 25.0 Å². The zero-order chi connectivity index (χ0) is 23.9. The normalized spacial score (nSPS) is 24.2. The molecule has 0 radical (unpaired) electrons. The zero-order valence-electron chi connectivity index (χ0n) is 18.9. The van der Waals surface area contributed by atoms with Crippen LogP contribution in [-0.2, 0) is 21.0 Å². The first-order valence-corrected chi connectivity index (χ1v) is 12.6. The van der Waals surface area contributed by atoms with Crippen molar-refractivity contribution in [2.45, 2.75) is 82.2 Å². The zero-order valence-corrected chi connectivity index (χ0v) is 19.8. The van der Waals surface area contributed by atoms with Crippen LogP contribution in [0.2, 0.25) is 0 Å². The number of sulfonamides is 1. The van der Waals surface area contributed by atoms with E-state index in [1.54, 1.807) is 0 Å². The Morgan fingerprint density at radius 3 is 2.31 bits per heavy atom. The fourth-order valence-electron chi connectivity index (χ4n) is 4.69. The molecule has 1 amide bonds. The van der Waals surface area contributed by atoms with Crippen molar-refractivity contribution in [2.24, 2.45) is 5.92 Å². The summed E-state index contributed by atoms with van der Waals surface area (Å²) in [5.74, 6) is 0.184. The van der Waals surface area contributed by atoms with Crippen molar-refractivity contribution in [3.63, 3.8) is 0 Å². The number of nitrogens with zero attached hydrogens (tertiary/aromatic N) is 2. The van der Waals surface area contributed by atoms with Gasteiger partial charge in [0, 0.05) is 19.1 Å². The van der Waals surface area contributed by atoms with Gasteiger partial charge in [0.25, 0.3) is 0 Å². The highest BCUT2D eigenvalue weighted by molar-refractivity contribution is 7.89. The molecule has 180 valence electrons. The van der Waals surface area contributed by atoms with E-state index < -0.39 is 27.4 Å². The average Bonchev–Trinajstić information content (AvgIpc) is 3.04. The number of hydrogen-bond donors (Lipinski definition) is 1. The van der Waals surface area contributed by atoms with Crippen molar-refractivity contribution in [1.82, 2.24) is 14.5 Å². The molecule has 0 saturated carbocycles. The van der Waals surface area contributed by atoms with Gasteiger partial charge in [-0.25, -0.2) is 8.42 Å². The molecule has 0 aromatic heterocycles. The van der Waals surface area contributed by atoms with E-state index in [4.69, 9.17) is 0 Å². The van der Waals surface area contributed by atoms with E-state index in [1.807, 2.05) is 32.6 Å². The monoisotopic (exact) mass is 475 g/mol. The maximum atomic E-state index is 13.2. The van der Waals surface area contributed by atoms with Crippen LogP contribution in [0.3, 0.4) is 0 Å². The molecule has 2 aliphatic heterocycles. The summed E-state index contributed by atoms with van der Waals surface area (Å²) in [5.41, 5.74) is -1.63. The fourth-order valence-corrected chi connectivity index (χ4v) is 6.18. The molecule has 0 aliphatic carbocycles. The Morgan fingerprint density at radius 2 is 1.78 bits per heavy atom. The van der Waals surface area contributed by atoms with Crippen molar-refractivity contribution in [3.8, 4) is 0 Å². The lowest BCUT2D eigenvalue weighted by atomic mass is 9.95. The SMILES string of the molecule is CCC(C)C1NC2(CCN(S(=O)(=O)c3cccc(C(F)(F)F)c3)CC2)N(C(C)CC)C1=O. The Kier molecular flexibility index (Phi) is 6.98. The summed E-state index contributed by atoms with van der Waals surface area (Å²) >= 11 is 0. The lowest BCUT2D eigenvalue weighted by Gasteiger charge is -2.46. The summed E-state index contributed by atoms with van der Waals surface area (Å²) in [6.07, 6.45) is -2.24. The molecule has 10 heteroatoms. The first-order valence-electron chi connectivity index (χ1n) is 11.2. The Hall–Kier alpha value is -1.65. The molecule has 2 saturated heterocycles. The predicted octanol–water partition coefficient (Wildman–Crippen LogP) is 3.83. The molecule has 1 aromatic carbocycles. The van der Waals surface area contributed by atoms with Gasteiger partial charge in [0.2, 0.25) is 15.9 Å². The van der Waals surface area contributed by atoms with E-state index in [9.17, 15) is 26.4 Å². The number of rotatable bonds is 6. The number of halogens is 3.